The van der Waals surface area contributed by atoms with Gasteiger partial charge in [0.1, 0.15) is 11.4 Å². The number of nitrogens with one attached hydrogen (secondary N) is 1. The molecule has 1 N–H and O–H groups in total. The highest BCUT2D eigenvalue weighted by molar-refractivity contribution is 6.30. The molecule has 0 radical (unpaired) electrons. The van der Waals surface area contributed by atoms with Gasteiger partial charge in [0.25, 0.3) is 5.91 Å². The molecule has 0 aliphatic rings. The van der Waals surface area contributed by atoms with Gasteiger partial charge in [0.15, 0.2) is 6.73 Å². The van der Waals surface area contributed by atoms with Crippen molar-refractivity contribution in [3.8, 4) is 5.75 Å². The predicted octanol–water partition coefficient (Wildman–Crippen LogP) is 2.24. The van der Waals surface area contributed by atoms with Crippen LogP contribution in [0.4, 0.5) is 0 Å². The first-order chi connectivity index (χ1) is 11.6. The first kappa shape index (κ1) is 16.1. The summed E-state index contributed by atoms with van der Waals surface area (Å²) in [6.07, 6.45) is 3.25. The van der Waals surface area contributed by atoms with E-state index in [9.17, 15) is 4.79 Å². The topological polar surface area (TPSA) is 74.0 Å². The average molecular weight is 346 g/mol. The first-order valence-electron chi connectivity index (χ1n) is 7.29. The fourth-order valence-corrected chi connectivity index (χ4v) is 2.26. The number of benzene rings is 1. The molecular weight excluding hydrogens is 330 g/mol. The van der Waals surface area contributed by atoms with E-state index in [-0.39, 0.29) is 12.6 Å². The van der Waals surface area contributed by atoms with Crippen LogP contribution >= 0.6 is 11.6 Å². The Morgan fingerprint density at radius 3 is 2.62 bits per heavy atom. The van der Waals surface area contributed by atoms with Gasteiger partial charge in [-0.1, -0.05) is 11.6 Å². The minimum Gasteiger partial charge on any atom is -0.471 e. The molecule has 1 aromatic carbocycles. The van der Waals surface area contributed by atoms with E-state index in [1.807, 2.05) is 13.1 Å². The maximum Gasteiger partial charge on any atom is 0.270 e. The van der Waals surface area contributed by atoms with Crippen molar-refractivity contribution in [2.75, 3.05) is 0 Å². The summed E-state index contributed by atoms with van der Waals surface area (Å²) in [6.45, 7) is 0.516. The molecule has 0 fully saturated rings. The smallest absolute Gasteiger partial charge is 0.270 e. The van der Waals surface area contributed by atoms with Crippen molar-refractivity contribution < 1.29 is 9.53 Å². The van der Waals surface area contributed by atoms with Gasteiger partial charge in [0.05, 0.1) is 12.2 Å². The summed E-state index contributed by atoms with van der Waals surface area (Å²) in [4.78, 5) is 12.3. The summed E-state index contributed by atoms with van der Waals surface area (Å²) < 4.78 is 8.82. The van der Waals surface area contributed by atoms with Crippen LogP contribution in [0.2, 0.25) is 5.02 Å². The molecule has 2 aromatic heterocycles. The summed E-state index contributed by atoms with van der Waals surface area (Å²) >= 11 is 5.83. The van der Waals surface area contributed by atoms with E-state index >= 15 is 0 Å². The van der Waals surface area contributed by atoms with E-state index in [1.165, 1.54) is 4.68 Å². The molecule has 7 nitrogen and oxygen atoms in total. The molecule has 3 aromatic rings. The Kier molecular flexibility index (Phi) is 4.81. The van der Waals surface area contributed by atoms with Crippen LogP contribution in [0, 0.1) is 0 Å². The van der Waals surface area contributed by atoms with Gasteiger partial charge in [-0.15, -0.1) is 0 Å². The van der Waals surface area contributed by atoms with Crippen LogP contribution in [-0.4, -0.2) is 25.5 Å². The molecule has 8 heteroatoms. The van der Waals surface area contributed by atoms with Crippen LogP contribution in [0.25, 0.3) is 0 Å². The summed E-state index contributed by atoms with van der Waals surface area (Å²) in [5.41, 5.74) is 1.33. The van der Waals surface area contributed by atoms with E-state index in [1.54, 1.807) is 47.4 Å². The highest BCUT2D eigenvalue weighted by atomic mass is 35.5. The molecule has 1 amide bonds. The minimum absolute atomic E-state index is 0.128. The molecule has 0 aliphatic carbocycles. The average Bonchev–Trinajstić information content (AvgIpc) is 3.21. The van der Waals surface area contributed by atoms with E-state index in [4.69, 9.17) is 16.3 Å². The lowest BCUT2D eigenvalue weighted by Gasteiger charge is -2.10. The number of carbonyl (C=O) groups is 1. The van der Waals surface area contributed by atoms with Crippen molar-refractivity contribution in [1.82, 2.24) is 24.9 Å². The highest BCUT2D eigenvalue weighted by Gasteiger charge is 2.12. The van der Waals surface area contributed by atoms with E-state index < -0.39 is 0 Å². The summed E-state index contributed by atoms with van der Waals surface area (Å²) in [5.74, 6) is 0.421. The molecule has 0 bridgehead atoms. The molecule has 3 rings (SSSR count). The van der Waals surface area contributed by atoms with Crippen molar-refractivity contribution in [2.24, 2.45) is 7.05 Å². The van der Waals surface area contributed by atoms with Gasteiger partial charge >= 0.3 is 0 Å². The fraction of sp³-hybridized carbons (Fsp3) is 0.188. The van der Waals surface area contributed by atoms with Crippen molar-refractivity contribution >= 4 is 17.5 Å². The Bertz CT molecular complexity index is 825. The molecule has 0 atom stereocenters. The number of hydrogen-bond donors (Lipinski definition) is 1. The minimum atomic E-state index is -0.228. The third-order valence-corrected chi connectivity index (χ3v) is 3.72. The second kappa shape index (κ2) is 7.18. The van der Waals surface area contributed by atoms with Crippen molar-refractivity contribution in [3.05, 3.63) is 65.2 Å². The summed E-state index contributed by atoms with van der Waals surface area (Å²) in [7, 11) is 1.83. The van der Waals surface area contributed by atoms with Crippen LogP contribution in [0.3, 0.4) is 0 Å². The molecule has 0 spiro atoms. The Hall–Kier alpha value is -2.80. The number of halogens is 1. The lowest BCUT2D eigenvalue weighted by Crippen LogP contribution is -2.27. The molecule has 24 heavy (non-hydrogen) atoms. The zero-order chi connectivity index (χ0) is 16.9. The van der Waals surface area contributed by atoms with Gasteiger partial charge in [0.2, 0.25) is 0 Å². The zero-order valence-corrected chi connectivity index (χ0v) is 13.8. The molecule has 124 valence electrons. The Morgan fingerprint density at radius 2 is 1.92 bits per heavy atom. The number of ether oxygens (including phenoxy) is 1. The third-order valence-electron chi connectivity index (χ3n) is 3.47. The first-order valence-corrected chi connectivity index (χ1v) is 7.66. The number of carbonyl (C=O) groups excluding carboxylic acids is 1. The monoisotopic (exact) mass is 345 g/mol. The van der Waals surface area contributed by atoms with Gasteiger partial charge in [0, 0.05) is 24.5 Å². The Labute approximate surface area is 143 Å². The molecule has 0 unspecified atom stereocenters. The number of aryl methyl sites for hydroxylation is 1. The van der Waals surface area contributed by atoms with Gasteiger partial charge < -0.3 is 10.1 Å². The Balaban J connectivity index is 1.60. The number of amides is 1. The van der Waals surface area contributed by atoms with E-state index in [2.05, 4.69) is 15.5 Å². The standard InChI is InChI=1S/C16H16ClN5O2/c1-21-13(6-8-19-21)10-18-16(23)15-7-9-20-22(15)11-24-14-4-2-12(17)3-5-14/h2-9H,10-11H2,1H3,(H,18,23). The van der Waals surface area contributed by atoms with Crippen LogP contribution in [0.1, 0.15) is 16.2 Å². The normalized spacial score (nSPS) is 10.6. The number of aromatic nitrogens is 4. The van der Waals surface area contributed by atoms with Crippen LogP contribution in [0.5, 0.6) is 5.75 Å². The van der Waals surface area contributed by atoms with Crippen molar-refractivity contribution in [1.29, 1.82) is 0 Å². The Morgan fingerprint density at radius 1 is 1.17 bits per heavy atom. The number of rotatable bonds is 6. The van der Waals surface area contributed by atoms with Crippen molar-refractivity contribution in [3.63, 3.8) is 0 Å². The fourth-order valence-electron chi connectivity index (χ4n) is 2.13. The van der Waals surface area contributed by atoms with Gasteiger partial charge in [-0.25, -0.2) is 4.68 Å². The maximum atomic E-state index is 12.3. The number of hydrogen-bond acceptors (Lipinski definition) is 4. The molecular formula is C16H16ClN5O2. The molecule has 0 saturated carbocycles. The lowest BCUT2D eigenvalue weighted by atomic mass is 10.3. The van der Waals surface area contributed by atoms with Crippen LogP contribution in [0.15, 0.2) is 48.8 Å². The van der Waals surface area contributed by atoms with Crippen LogP contribution in [-0.2, 0) is 20.3 Å². The second-order valence-corrected chi connectivity index (χ2v) is 5.51. The van der Waals surface area contributed by atoms with Crippen molar-refractivity contribution in [2.45, 2.75) is 13.3 Å². The van der Waals surface area contributed by atoms with Gasteiger partial charge in [-0.05, 0) is 36.4 Å². The second-order valence-electron chi connectivity index (χ2n) is 5.07. The summed E-state index contributed by atoms with van der Waals surface area (Å²) in [5, 5.41) is 11.7. The largest absolute Gasteiger partial charge is 0.471 e. The van der Waals surface area contributed by atoms with Gasteiger partial charge in [-0.2, -0.15) is 10.2 Å². The maximum absolute atomic E-state index is 12.3. The molecule has 2 heterocycles. The molecule has 0 aliphatic heterocycles. The van der Waals surface area contributed by atoms with Crippen LogP contribution < -0.4 is 10.1 Å². The predicted molar refractivity (Wildman–Crippen MR) is 88.7 cm³/mol. The lowest BCUT2D eigenvalue weighted by molar-refractivity contribution is 0.0928. The number of nitrogens with zero attached hydrogens (tertiary/aromatic N) is 4. The zero-order valence-electron chi connectivity index (χ0n) is 13.0. The SMILES string of the molecule is Cn1nccc1CNC(=O)c1ccnn1COc1ccc(Cl)cc1. The third kappa shape index (κ3) is 3.75. The molecule has 0 saturated heterocycles. The summed E-state index contributed by atoms with van der Waals surface area (Å²) in [6, 6.07) is 10.5. The van der Waals surface area contributed by atoms with E-state index in [0.717, 1.165) is 5.69 Å². The highest BCUT2D eigenvalue weighted by Crippen LogP contribution is 2.16. The van der Waals surface area contributed by atoms with Gasteiger partial charge in [-0.3, -0.25) is 9.48 Å². The van der Waals surface area contributed by atoms with E-state index in [0.29, 0.717) is 23.0 Å². The quantitative estimate of drug-likeness (QED) is 0.743.